The lowest BCUT2D eigenvalue weighted by atomic mass is 10.2. The van der Waals surface area contributed by atoms with Crippen molar-refractivity contribution >= 4 is 5.91 Å². The Hall–Kier alpha value is -0.610. The number of hydrogen-bond acceptors (Lipinski definition) is 3. The Kier molecular flexibility index (Phi) is 6.49. The van der Waals surface area contributed by atoms with E-state index in [2.05, 4.69) is 5.48 Å². The van der Waals surface area contributed by atoms with Crippen LogP contribution in [-0.4, -0.2) is 18.1 Å². The van der Waals surface area contributed by atoms with Gasteiger partial charge in [0.05, 0.1) is 5.60 Å². The van der Waals surface area contributed by atoms with Crippen LogP contribution in [0.1, 0.15) is 46.5 Å². The fourth-order valence-electron chi connectivity index (χ4n) is 0.868. The van der Waals surface area contributed by atoms with Crippen molar-refractivity contribution < 1.29 is 9.63 Å². The normalized spacial score (nSPS) is 11.4. The number of hydroxylamine groups is 1. The summed E-state index contributed by atoms with van der Waals surface area (Å²) in [4.78, 5) is 16.3. The number of nitrogens with one attached hydrogen (secondary N) is 1. The minimum absolute atomic E-state index is 0.0584. The standard InChI is InChI=1S/C10H22N2O2/c1-10(2,3)14-12-9(13)7-5-4-6-8-11/h4-8,11H2,1-3H3,(H,12,13). The zero-order valence-corrected chi connectivity index (χ0v) is 9.43. The molecule has 0 fully saturated rings. The van der Waals surface area contributed by atoms with Crippen LogP contribution in [0.15, 0.2) is 0 Å². The van der Waals surface area contributed by atoms with E-state index in [0.29, 0.717) is 13.0 Å². The number of carbonyl (C=O) groups excluding carboxylic acids is 1. The van der Waals surface area contributed by atoms with Crippen molar-refractivity contribution in [3.05, 3.63) is 0 Å². The van der Waals surface area contributed by atoms with Gasteiger partial charge in [-0.3, -0.25) is 9.63 Å². The van der Waals surface area contributed by atoms with Crippen molar-refractivity contribution in [1.29, 1.82) is 0 Å². The highest BCUT2D eigenvalue weighted by Crippen LogP contribution is 2.04. The third-order valence-electron chi connectivity index (χ3n) is 1.58. The summed E-state index contributed by atoms with van der Waals surface area (Å²) in [5, 5.41) is 0. The predicted octanol–water partition coefficient (Wildman–Crippen LogP) is 1.35. The van der Waals surface area contributed by atoms with E-state index < -0.39 is 0 Å². The predicted molar refractivity (Wildman–Crippen MR) is 56.5 cm³/mol. The lowest BCUT2D eigenvalue weighted by Crippen LogP contribution is -2.33. The quantitative estimate of drug-likeness (QED) is 0.505. The molecule has 0 aromatic heterocycles. The first-order chi connectivity index (χ1) is 6.45. The monoisotopic (exact) mass is 202 g/mol. The zero-order valence-electron chi connectivity index (χ0n) is 9.43. The fraction of sp³-hybridized carbons (Fsp3) is 0.900. The molecule has 0 unspecified atom stereocenters. The van der Waals surface area contributed by atoms with Crippen molar-refractivity contribution in [3.63, 3.8) is 0 Å². The topological polar surface area (TPSA) is 64.3 Å². The SMILES string of the molecule is CC(C)(C)ONC(=O)CCCCCN. The molecule has 1 amide bonds. The maximum Gasteiger partial charge on any atom is 0.243 e. The van der Waals surface area contributed by atoms with Crippen LogP contribution in [0.2, 0.25) is 0 Å². The molecule has 0 radical (unpaired) electrons. The average Bonchev–Trinajstić information content (AvgIpc) is 2.08. The Balaban J connectivity index is 3.38. The van der Waals surface area contributed by atoms with Gasteiger partial charge in [-0.25, -0.2) is 5.48 Å². The molecule has 0 heterocycles. The molecule has 0 aliphatic carbocycles. The van der Waals surface area contributed by atoms with Gasteiger partial charge in [0.15, 0.2) is 0 Å². The first-order valence-corrected chi connectivity index (χ1v) is 5.12. The summed E-state index contributed by atoms with van der Waals surface area (Å²) in [5.41, 5.74) is 7.44. The number of rotatable bonds is 6. The van der Waals surface area contributed by atoms with Gasteiger partial charge in [-0.15, -0.1) is 0 Å². The van der Waals surface area contributed by atoms with Crippen LogP contribution in [0.4, 0.5) is 0 Å². The van der Waals surface area contributed by atoms with E-state index in [9.17, 15) is 4.79 Å². The molecule has 0 aromatic carbocycles. The molecule has 14 heavy (non-hydrogen) atoms. The Morgan fingerprint density at radius 1 is 1.29 bits per heavy atom. The summed E-state index contributed by atoms with van der Waals surface area (Å²) in [6.07, 6.45) is 3.36. The van der Waals surface area contributed by atoms with Gasteiger partial charge >= 0.3 is 0 Å². The van der Waals surface area contributed by atoms with Gasteiger partial charge in [0, 0.05) is 6.42 Å². The molecule has 0 aliphatic rings. The third-order valence-corrected chi connectivity index (χ3v) is 1.58. The van der Waals surface area contributed by atoms with Crippen LogP contribution >= 0.6 is 0 Å². The van der Waals surface area contributed by atoms with Gasteiger partial charge in [-0.2, -0.15) is 0 Å². The second-order valence-electron chi connectivity index (χ2n) is 4.34. The van der Waals surface area contributed by atoms with Crippen molar-refractivity contribution in [1.82, 2.24) is 5.48 Å². The fourth-order valence-corrected chi connectivity index (χ4v) is 0.868. The molecule has 0 atom stereocenters. The third kappa shape index (κ3) is 9.48. The highest BCUT2D eigenvalue weighted by Gasteiger charge is 2.12. The van der Waals surface area contributed by atoms with Gasteiger partial charge in [0.25, 0.3) is 0 Å². The van der Waals surface area contributed by atoms with Crippen molar-refractivity contribution in [3.8, 4) is 0 Å². The molecule has 0 rings (SSSR count). The summed E-state index contributed by atoms with van der Waals surface area (Å²) >= 11 is 0. The van der Waals surface area contributed by atoms with Crippen molar-refractivity contribution in [2.24, 2.45) is 5.73 Å². The lowest BCUT2D eigenvalue weighted by Gasteiger charge is -2.18. The first-order valence-electron chi connectivity index (χ1n) is 5.12. The molecule has 84 valence electrons. The number of unbranched alkanes of at least 4 members (excludes halogenated alkanes) is 2. The Morgan fingerprint density at radius 2 is 1.93 bits per heavy atom. The Morgan fingerprint density at radius 3 is 2.43 bits per heavy atom. The lowest BCUT2D eigenvalue weighted by molar-refractivity contribution is -0.145. The Labute approximate surface area is 86.1 Å². The molecule has 0 saturated carbocycles. The van der Waals surface area contributed by atoms with Gasteiger partial charge in [-0.05, 0) is 40.2 Å². The molecule has 0 saturated heterocycles. The zero-order chi connectivity index (χ0) is 11.0. The number of carbonyl (C=O) groups is 1. The number of nitrogens with two attached hydrogens (primary N) is 1. The number of hydrogen-bond donors (Lipinski definition) is 2. The van der Waals surface area contributed by atoms with Crippen LogP contribution in [-0.2, 0) is 9.63 Å². The van der Waals surface area contributed by atoms with Gasteiger partial charge in [0.1, 0.15) is 0 Å². The molecule has 0 aliphatic heterocycles. The summed E-state index contributed by atoms with van der Waals surface area (Å²) in [6, 6.07) is 0. The van der Waals surface area contributed by atoms with Crippen molar-refractivity contribution in [2.75, 3.05) is 6.54 Å². The van der Waals surface area contributed by atoms with E-state index in [4.69, 9.17) is 10.6 Å². The molecule has 0 bridgehead atoms. The first kappa shape index (κ1) is 13.4. The van der Waals surface area contributed by atoms with E-state index >= 15 is 0 Å². The highest BCUT2D eigenvalue weighted by molar-refractivity contribution is 5.74. The van der Waals surface area contributed by atoms with Crippen LogP contribution in [0.3, 0.4) is 0 Å². The molecule has 4 nitrogen and oxygen atoms in total. The summed E-state index contributed by atoms with van der Waals surface area (Å²) in [7, 11) is 0. The largest absolute Gasteiger partial charge is 0.330 e. The molecule has 4 heteroatoms. The molecule has 0 aromatic rings. The van der Waals surface area contributed by atoms with Gasteiger partial charge in [-0.1, -0.05) is 6.42 Å². The maximum atomic E-state index is 11.2. The summed E-state index contributed by atoms with van der Waals surface area (Å²) in [5.74, 6) is -0.0584. The van der Waals surface area contributed by atoms with Crippen LogP contribution in [0.25, 0.3) is 0 Å². The second kappa shape index (κ2) is 6.79. The maximum absolute atomic E-state index is 11.2. The van der Waals surface area contributed by atoms with E-state index in [1.54, 1.807) is 0 Å². The van der Waals surface area contributed by atoms with Crippen LogP contribution in [0.5, 0.6) is 0 Å². The van der Waals surface area contributed by atoms with E-state index in [1.165, 1.54) is 0 Å². The Bertz CT molecular complexity index is 164. The number of amides is 1. The van der Waals surface area contributed by atoms with E-state index in [1.807, 2.05) is 20.8 Å². The minimum atomic E-state index is -0.326. The molecular formula is C10H22N2O2. The van der Waals surface area contributed by atoms with Crippen LogP contribution in [0, 0.1) is 0 Å². The molecule has 0 spiro atoms. The summed E-state index contributed by atoms with van der Waals surface area (Å²) < 4.78 is 0. The van der Waals surface area contributed by atoms with Gasteiger partial charge < -0.3 is 5.73 Å². The van der Waals surface area contributed by atoms with Crippen molar-refractivity contribution in [2.45, 2.75) is 52.1 Å². The molecule has 3 N–H and O–H groups in total. The minimum Gasteiger partial charge on any atom is -0.330 e. The van der Waals surface area contributed by atoms with E-state index in [-0.39, 0.29) is 11.5 Å². The second-order valence-corrected chi connectivity index (χ2v) is 4.34. The summed E-state index contributed by atoms with van der Waals surface area (Å²) in [6.45, 7) is 6.37. The average molecular weight is 202 g/mol. The van der Waals surface area contributed by atoms with E-state index in [0.717, 1.165) is 19.3 Å². The highest BCUT2D eigenvalue weighted by atomic mass is 16.7. The van der Waals surface area contributed by atoms with Gasteiger partial charge in [0.2, 0.25) is 5.91 Å². The molecular weight excluding hydrogens is 180 g/mol. The van der Waals surface area contributed by atoms with Crippen LogP contribution < -0.4 is 11.2 Å². The smallest absolute Gasteiger partial charge is 0.243 e.